The van der Waals surface area contributed by atoms with E-state index in [9.17, 15) is 14.4 Å². The number of imide groups is 1. The van der Waals surface area contributed by atoms with E-state index in [2.05, 4.69) is 0 Å². The third kappa shape index (κ3) is 4.28. The van der Waals surface area contributed by atoms with Crippen molar-refractivity contribution in [2.24, 2.45) is 0 Å². The number of hydrogen-bond acceptors (Lipinski definition) is 4. The average molecular weight is 387 g/mol. The van der Waals surface area contributed by atoms with Crippen LogP contribution < -0.4 is 4.74 Å². The molecule has 2 aromatic rings. The van der Waals surface area contributed by atoms with E-state index in [1.807, 2.05) is 0 Å². The molecule has 1 aliphatic rings. The van der Waals surface area contributed by atoms with E-state index in [1.165, 1.54) is 4.90 Å². The van der Waals surface area contributed by atoms with Crippen LogP contribution in [0.1, 0.15) is 27.1 Å². The Morgan fingerprint density at radius 3 is 2.37 bits per heavy atom. The second-order valence-corrected chi connectivity index (χ2v) is 6.62. The number of ether oxygens (including phenoxy) is 1. The monoisotopic (exact) mass is 386 g/mol. The minimum atomic E-state index is -0.352. The summed E-state index contributed by atoms with van der Waals surface area (Å²) >= 11 is 5.89. The lowest BCUT2D eigenvalue weighted by molar-refractivity contribution is -0.130. The fourth-order valence-electron chi connectivity index (χ4n) is 2.82. The molecule has 0 saturated carbocycles. The zero-order valence-corrected chi connectivity index (χ0v) is 15.6. The van der Waals surface area contributed by atoms with Gasteiger partial charge in [-0.05, 0) is 30.3 Å². The molecule has 6 nitrogen and oxygen atoms in total. The van der Waals surface area contributed by atoms with Crippen LogP contribution >= 0.6 is 11.6 Å². The Kier molecular flexibility index (Phi) is 5.76. The molecule has 140 valence electrons. The first-order chi connectivity index (χ1) is 13.0. The third-order valence-corrected chi connectivity index (χ3v) is 4.58. The first kappa shape index (κ1) is 18.9. The molecule has 0 aliphatic carbocycles. The smallest absolute Gasteiger partial charge is 0.261 e. The van der Waals surface area contributed by atoms with Gasteiger partial charge in [0.1, 0.15) is 12.4 Å². The van der Waals surface area contributed by atoms with E-state index in [0.717, 1.165) is 4.90 Å². The van der Waals surface area contributed by atoms with Crippen LogP contribution in [-0.4, -0.2) is 54.3 Å². The molecule has 0 atom stereocenters. The van der Waals surface area contributed by atoms with E-state index in [0.29, 0.717) is 35.1 Å². The van der Waals surface area contributed by atoms with E-state index < -0.39 is 0 Å². The second kappa shape index (κ2) is 8.22. The van der Waals surface area contributed by atoms with Crippen molar-refractivity contribution in [2.45, 2.75) is 6.42 Å². The van der Waals surface area contributed by atoms with Crippen molar-refractivity contribution in [1.29, 1.82) is 0 Å². The van der Waals surface area contributed by atoms with Gasteiger partial charge in [0, 0.05) is 25.0 Å². The number of nitrogens with zero attached hydrogens (tertiary/aromatic N) is 2. The summed E-state index contributed by atoms with van der Waals surface area (Å²) in [6, 6.07) is 13.7. The van der Waals surface area contributed by atoms with Crippen molar-refractivity contribution in [1.82, 2.24) is 9.80 Å². The molecule has 7 heteroatoms. The maximum Gasteiger partial charge on any atom is 0.261 e. The van der Waals surface area contributed by atoms with Crippen LogP contribution in [0.5, 0.6) is 5.75 Å². The first-order valence-electron chi connectivity index (χ1n) is 8.55. The summed E-state index contributed by atoms with van der Waals surface area (Å²) in [4.78, 5) is 39.5. The number of amides is 3. The van der Waals surface area contributed by atoms with Crippen molar-refractivity contribution in [3.63, 3.8) is 0 Å². The molecule has 0 unspecified atom stereocenters. The minimum absolute atomic E-state index is 0.0602. The Bertz CT molecular complexity index is 849. The number of halogens is 1. The highest BCUT2D eigenvalue weighted by molar-refractivity contribution is 6.30. The topological polar surface area (TPSA) is 66.9 Å². The third-order valence-electron chi connectivity index (χ3n) is 4.34. The van der Waals surface area contributed by atoms with E-state index in [4.69, 9.17) is 16.3 Å². The number of benzene rings is 2. The lowest BCUT2D eigenvalue weighted by Gasteiger charge is -2.19. The molecular weight excluding hydrogens is 368 g/mol. The molecule has 0 saturated heterocycles. The standard InChI is InChI=1S/C20H19ClN2O4/c1-22(11-12-27-15-6-4-5-14(21)13-15)18(24)9-10-23-19(25)16-7-2-3-8-17(16)20(23)26/h2-8,13H,9-12H2,1H3. The lowest BCUT2D eigenvalue weighted by atomic mass is 10.1. The van der Waals surface area contributed by atoms with Crippen LogP contribution in [0.25, 0.3) is 0 Å². The largest absolute Gasteiger partial charge is 0.492 e. The molecule has 27 heavy (non-hydrogen) atoms. The van der Waals surface area contributed by atoms with Gasteiger partial charge in [-0.15, -0.1) is 0 Å². The van der Waals surface area contributed by atoms with Gasteiger partial charge in [-0.2, -0.15) is 0 Å². The van der Waals surface area contributed by atoms with Crippen LogP contribution in [-0.2, 0) is 4.79 Å². The molecule has 2 aromatic carbocycles. The Morgan fingerprint density at radius 2 is 1.74 bits per heavy atom. The number of likely N-dealkylation sites (N-methyl/N-ethyl adjacent to an activating group) is 1. The summed E-state index contributed by atoms with van der Waals surface area (Å²) in [5.74, 6) is -0.235. The predicted octanol–water partition coefficient (Wildman–Crippen LogP) is 2.86. The lowest BCUT2D eigenvalue weighted by Crippen LogP contribution is -2.36. The maximum atomic E-state index is 12.3. The van der Waals surface area contributed by atoms with Crippen LogP contribution in [0.4, 0.5) is 0 Å². The SMILES string of the molecule is CN(CCOc1cccc(Cl)c1)C(=O)CCN1C(=O)c2ccccc2C1=O. The number of carbonyl (C=O) groups is 3. The molecule has 3 rings (SSSR count). The van der Waals surface area contributed by atoms with Crippen LogP contribution in [0.3, 0.4) is 0 Å². The fraction of sp³-hybridized carbons (Fsp3) is 0.250. The number of rotatable bonds is 7. The first-order valence-corrected chi connectivity index (χ1v) is 8.92. The van der Waals surface area contributed by atoms with Gasteiger partial charge < -0.3 is 9.64 Å². The van der Waals surface area contributed by atoms with Gasteiger partial charge in [0.15, 0.2) is 0 Å². The van der Waals surface area contributed by atoms with E-state index in [-0.39, 0.29) is 30.7 Å². The van der Waals surface area contributed by atoms with Gasteiger partial charge in [-0.25, -0.2) is 0 Å². The van der Waals surface area contributed by atoms with Gasteiger partial charge in [-0.3, -0.25) is 19.3 Å². The quantitative estimate of drug-likeness (QED) is 0.686. The number of hydrogen-bond donors (Lipinski definition) is 0. The van der Waals surface area contributed by atoms with Gasteiger partial charge in [0.2, 0.25) is 5.91 Å². The Morgan fingerprint density at radius 1 is 1.07 bits per heavy atom. The summed E-state index contributed by atoms with van der Waals surface area (Å²) in [6.07, 6.45) is 0.0686. The van der Waals surface area contributed by atoms with Crippen molar-refractivity contribution in [3.8, 4) is 5.75 Å². The summed E-state index contributed by atoms with van der Waals surface area (Å²) in [6.45, 7) is 0.758. The van der Waals surface area contributed by atoms with Crippen LogP contribution in [0.15, 0.2) is 48.5 Å². The summed E-state index contributed by atoms with van der Waals surface area (Å²) in [5.41, 5.74) is 0.774. The van der Waals surface area contributed by atoms with Crippen molar-refractivity contribution >= 4 is 29.3 Å². The zero-order valence-electron chi connectivity index (χ0n) is 14.9. The van der Waals surface area contributed by atoms with Gasteiger partial charge in [0.05, 0.1) is 17.7 Å². The molecule has 0 N–H and O–H groups in total. The van der Waals surface area contributed by atoms with Gasteiger partial charge in [-0.1, -0.05) is 29.8 Å². The highest BCUT2D eigenvalue weighted by Crippen LogP contribution is 2.22. The molecule has 3 amide bonds. The van der Waals surface area contributed by atoms with Crippen molar-refractivity contribution in [2.75, 3.05) is 26.7 Å². The molecule has 1 heterocycles. The second-order valence-electron chi connectivity index (χ2n) is 6.18. The van der Waals surface area contributed by atoms with Crippen LogP contribution in [0, 0.1) is 0 Å². The molecule has 0 aromatic heterocycles. The van der Waals surface area contributed by atoms with Crippen LogP contribution in [0.2, 0.25) is 5.02 Å². The molecule has 1 aliphatic heterocycles. The van der Waals surface area contributed by atoms with E-state index >= 15 is 0 Å². The highest BCUT2D eigenvalue weighted by atomic mass is 35.5. The Hall–Kier alpha value is -2.86. The molecule has 0 radical (unpaired) electrons. The summed E-state index contributed by atoms with van der Waals surface area (Å²) in [5, 5.41) is 0.581. The molecule has 0 bridgehead atoms. The zero-order chi connectivity index (χ0) is 19.4. The summed E-state index contributed by atoms with van der Waals surface area (Å²) in [7, 11) is 1.66. The van der Waals surface area contributed by atoms with Gasteiger partial charge >= 0.3 is 0 Å². The Balaban J connectivity index is 1.46. The summed E-state index contributed by atoms with van der Waals surface area (Å²) < 4.78 is 5.57. The predicted molar refractivity (Wildman–Crippen MR) is 101 cm³/mol. The number of fused-ring (bicyclic) bond motifs is 1. The van der Waals surface area contributed by atoms with E-state index in [1.54, 1.807) is 55.6 Å². The normalized spacial score (nSPS) is 12.9. The average Bonchev–Trinajstić information content (AvgIpc) is 2.90. The highest BCUT2D eigenvalue weighted by Gasteiger charge is 2.35. The number of carbonyl (C=O) groups excluding carboxylic acids is 3. The molecule has 0 fully saturated rings. The van der Waals surface area contributed by atoms with Crippen molar-refractivity contribution < 1.29 is 19.1 Å². The van der Waals surface area contributed by atoms with Crippen molar-refractivity contribution in [3.05, 3.63) is 64.7 Å². The fourth-order valence-corrected chi connectivity index (χ4v) is 3.00. The van der Waals surface area contributed by atoms with Gasteiger partial charge in [0.25, 0.3) is 11.8 Å². The molecular formula is C20H19ClN2O4. The maximum absolute atomic E-state index is 12.3. The minimum Gasteiger partial charge on any atom is -0.492 e. The Labute approximate surface area is 162 Å². The molecule has 0 spiro atoms.